The number of aromatic nitrogens is 11. The average Bonchev–Trinajstić information content (AvgIpc) is 3.42. The molecule has 6 aromatic carbocycles. The molecule has 0 amide bonds. The van der Waals surface area contributed by atoms with E-state index in [4.69, 9.17) is 44.9 Å². The zero-order valence-corrected chi connectivity index (χ0v) is 35.1. The molecule has 11 rings (SSSR count). The molecule has 0 bridgehead atoms. The Morgan fingerprint density at radius 2 is 0.530 bits per heavy atom. The molecule has 0 aliphatic rings. The summed E-state index contributed by atoms with van der Waals surface area (Å²) in [5.41, 5.74) is 8.87. The molecule has 66 heavy (non-hydrogen) atoms. The number of benzene rings is 6. The zero-order valence-electron chi connectivity index (χ0n) is 35.1. The highest BCUT2D eigenvalue weighted by atomic mass is 15.1. The normalized spacial score (nSPS) is 11.0. The molecule has 0 spiro atoms. The molecular formula is C55H35N11. The summed E-state index contributed by atoms with van der Waals surface area (Å²) in [6.07, 6.45) is 3.44. The van der Waals surface area contributed by atoms with Gasteiger partial charge in [0.05, 0.1) is 0 Å². The average molecular weight is 850 g/mol. The molecule has 5 aromatic heterocycles. The summed E-state index contributed by atoms with van der Waals surface area (Å²) in [5.74, 6) is 4.53. The Kier molecular flexibility index (Phi) is 10.6. The minimum Gasteiger partial charge on any atom is -0.253 e. The summed E-state index contributed by atoms with van der Waals surface area (Å²) >= 11 is 0. The van der Waals surface area contributed by atoms with E-state index in [0.29, 0.717) is 63.8 Å². The third kappa shape index (κ3) is 8.30. The molecule has 0 fully saturated rings. The van der Waals surface area contributed by atoms with Crippen molar-refractivity contribution in [3.8, 4) is 114 Å². The van der Waals surface area contributed by atoms with Crippen LogP contribution in [0.25, 0.3) is 114 Å². The van der Waals surface area contributed by atoms with E-state index in [1.165, 1.54) is 0 Å². The molecule has 0 atom stereocenters. The Bertz CT molecular complexity index is 3340. The van der Waals surface area contributed by atoms with Crippen LogP contribution in [0.4, 0.5) is 0 Å². The van der Waals surface area contributed by atoms with E-state index >= 15 is 0 Å². The predicted molar refractivity (Wildman–Crippen MR) is 257 cm³/mol. The highest BCUT2D eigenvalue weighted by molar-refractivity contribution is 5.85. The van der Waals surface area contributed by atoms with Crippen LogP contribution in [0, 0.1) is 0 Å². The van der Waals surface area contributed by atoms with Gasteiger partial charge in [0.25, 0.3) is 0 Å². The van der Waals surface area contributed by atoms with E-state index in [1.54, 1.807) is 12.4 Å². The maximum absolute atomic E-state index is 5.17. The first-order valence-electron chi connectivity index (χ1n) is 21.3. The van der Waals surface area contributed by atoms with Crippen LogP contribution < -0.4 is 0 Å². The van der Waals surface area contributed by atoms with Crippen LogP contribution in [0.3, 0.4) is 0 Å². The van der Waals surface area contributed by atoms with Crippen molar-refractivity contribution in [2.75, 3.05) is 0 Å². The topological polar surface area (TPSA) is 142 Å². The van der Waals surface area contributed by atoms with Crippen molar-refractivity contribution in [3.63, 3.8) is 0 Å². The first kappa shape index (κ1) is 39.5. The summed E-state index contributed by atoms with van der Waals surface area (Å²) in [4.78, 5) is 54.1. The third-order valence-electron chi connectivity index (χ3n) is 10.8. The Balaban J connectivity index is 1.06. The van der Waals surface area contributed by atoms with Gasteiger partial charge < -0.3 is 0 Å². The number of rotatable bonds is 10. The van der Waals surface area contributed by atoms with Crippen molar-refractivity contribution >= 4 is 0 Å². The molecule has 310 valence electrons. The van der Waals surface area contributed by atoms with Crippen LogP contribution in [0.2, 0.25) is 0 Å². The fourth-order valence-corrected chi connectivity index (χ4v) is 7.54. The lowest BCUT2D eigenvalue weighted by molar-refractivity contribution is 1.04. The fourth-order valence-electron chi connectivity index (χ4n) is 7.54. The van der Waals surface area contributed by atoms with Gasteiger partial charge in [-0.3, -0.25) is 9.97 Å². The van der Waals surface area contributed by atoms with Crippen molar-refractivity contribution in [2.45, 2.75) is 0 Å². The third-order valence-corrected chi connectivity index (χ3v) is 10.8. The van der Waals surface area contributed by atoms with Crippen LogP contribution in [-0.4, -0.2) is 54.8 Å². The van der Waals surface area contributed by atoms with Crippen LogP contribution >= 0.6 is 0 Å². The highest BCUT2D eigenvalue weighted by Crippen LogP contribution is 2.36. The lowest BCUT2D eigenvalue weighted by atomic mass is 9.96. The van der Waals surface area contributed by atoms with Gasteiger partial charge in [0.15, 0.2) is 52.4 Å². The molecule has 0 N–H and O–H groups in total. The van der Waals surface area contributed by atoms with Gasteiger partial charge in [-0.2, -0.15) is 0 Å². The second kappa shape index (κ2) is 17.8. The molecule has 11 nitrogen and oxygen atoms in total. The van der Waals surface area contributed by atoms with Gasteiger partial charge in [-0.1, -0.05) is 158 Å². The number of hydrogen-bond donors (Lipinski definition) is 0. The van der Waals surface area contributed by atoms with Crippen molar-refractivity contribution in [2.24, 2.45) is 0 Å². The minimum absolute atomic E-state index is 0.433. The molecule has 0 unspecified atom stereocenters. The monoisotopic (exact) mass is 849 g/mol. The van der Waals surface area contributed by atoms with Crippen LogP contribution in [-0.2, 0) is 0 Å². The van der Waals surface area contributed by atoms with Crippen LogP contribution in [0.5, 0.6) is 0 Å². The van der Waals surface area contributed by atoms with Gasteiger partial charge in [0.2, 0.25) is 0 Å². The Morgan fingerprint density at radius 3 is 0.955 bits per heavy atom. The fraction of sp³-hybridized carbons (Fsp3) is 0. The van der Waals surface area contributed by atoms with E-state index in [9.17, 15) is 0 Å². The highest BCUT2D eigenvalue weighted by Gasteiger charge is 2.20. The van der Waals surface area contributed by atoms with Crippen molar-refractivity contribution < 1.29 is 0 Å². The molecule has 0 aliphatic carbocycles. The maximum Gasteiger partial charge on any atom is 0.182 e. The first-order chi connectivity index (χ1) is 32.7. The largest absolute Gasteiger partial charge is 0.253 e. The quantitative estimate of drug-likeness (QED) is 0.130. The van der Waals surface area contributed by atoms with E-state index in [2.05, 4.69) is 28.2 Å². The van der Waals surface area contributed by atoms with Gasteiger partial charge in [-0.25, -0.2) is 44.9 Å². The van der Waals surface area contributed by atoms with E-state index < -0.39 is 0 Å². The van der Waals surface area contributed by atoms with Crippen molar-refractivity contribution in [3.05, 3.63) is 213 Å². The summed E-state index contributed by atoms with van der Waals surface area (Å²) in [7, 11) is 0. The molecule has 0 saturated heterocycles. The Hall–Kier alpha value is -9.35. The SMILES string of the molecule is c1ccc(-c2nc(-c3cccc(-c4nc(-c5ccccn5)nc(-c5ccccn5)n4)c3)nc(-c3ccc(-c4nc(-c5ccccc5)nc(-c5ccccc5)n4)c(-c4ccccc4)c3)n2)cc1. The van der Waals surface area contributed by atoms with E-state index in [0.717, 1.165) is 50.1 Å². The second-order valence-corrected chi connectivity index (χ2v) is 15.2. The molecular weight excluding hydrogens is 815 g/mol. The zero-order chi connectivity index (χ0) is 44.1. The van der Waals surface area contributed by atoms with Crippen molar-refractivity contribution in [1.29, 1.82) is 0 Å². The number of hydrogen-bond acceptors (Lipinski definition) is 11. The minimum atomic E-state index is 0.433. The van der Waals surface area contributed by atoms with Gasteiger partial charge in [0, 0.05) is 51.3 Å². The van der Waals surface area contributed by atoms with Gasteiger partial charge in [-0.15, -0.1) is 0 Å². The molecule has 11 aromatic rings. The standard InChI is InChI=1S/C55H35N11/c1-5-18-36(19-6-1)44-35-42(30-31-43(44)53-62-48(38-22-9-3-10-23-38)58-49(63-53)39-24-11-4-12-25-39)52-60-47(37-20-7-2-8-21-37)59-50(61-52)40-26-17-27-41(34-40)51-64-54(45-28-13-15-32-56-45)66-55(65-51)46-29-14-16-33-57-46/h1-35H. The van der Waals surface area contributed by atoms with Crippen LogP contribution in [0.1, 0.15) is 0 Å². The molecule has 11 heteroatoms. The summed E-state index contributed by atoms with van der Waals surface area (Å²) < 4.78 is 0. The molecule has 0 saturated carbocycles. The Labute approximate surface area is 379 Å². The summed E-state index contributed by atoms with van der Waals surface area (Å²) in [6, 6.07) is 65.4. The molecule has 0 aliphatic heterocycles. The van der Waals surface area contributed by atoms with Crippen molar-refractivity contribution in [1.82, 2.24) is 54.8 Å². The predicted octanol–water partition coefficient (Wildman–Crippen LogP) is 11.7. The number of pyridine rings is 2. The van der Waals surface area contributed by atoms with Crippen LogP contribution in [0.15, 0.2) is 213 Å². The van der Waals surface area contributed by atoms with Gasteiger partial charge >= 0.3 is 0 Å². The smallest absolute Gasteiger partial charge is 0.182 e. The summed E-state index contributed by atoms with van der Waals surface area (Å²) in [5, 5.41) is 0. The second-order valence-electron chi connectivity index (χ2n) is 15.2. The summed E-state index contributed by atoms with van der Waals surface area (Å²) in [6.45, 7) is 0. The van der Waals surface area contributed by atoms with Gasteiger partial charge in [0.1, 0.15) is 11.4 Å². The van der Waals surface area contributed by atoms with Gasteiger partial charge in [-0.05, 0) is 53.6 Å². The number of nitrogens with zero attached hydrogens (tertiary/aromatic N) is 11. The first-order valence-corrected chi connectivity index (χ1v) is 21.3. The maximum atomic E-state index is 5.17. The van der Waals surface area contributed by atoms with E-state index in [1.807, 2.05) is 182 Å². The molecule has 0 radical (unpaired) electrons. The Morgan fingerprint density at radius 1 is 0.197 bits per heavy atom. The lowest BCUT2D eigenvalue weighted by Crippen LogP contribution is -2.03. The van der Waals surface area contributed by atoms with E-state index in [-0.39, 0.29) is 0 Å². The molecule has 5 heterocycles. The lowest BCUT2D eigenvalue weighted by Gasteiger charge is -2.14.